The Balaban J connectivity index is 1.82. The van der Waals surface area contributed by atoms with Gasteiger partial charge in [0.15, 0.2) is 28.8 Å². The van der Waals surface area contributed by atoms with E-state index in [9.17, 15) is 0 Å². The van der Waals surface area contributed by atoms with E-state index < -0.39 is 0 Å². The highest BCUT2D eigenvalue weighted by atomic mass is 16.5. The van der Waals surface area contributed by atoms with Gasteiger partial charge in [-0.25, -0.2) is 0 Å². The molecule has 0 atom stereocenters. The van der Waals surface area contributed by atoms with Crippen LogP contribution in [0.5, 0.6) is 23.0 Å². The van der Waals surface area contributed by atoms with Gasteiger partial charge < -0.3 is 23.5 Å². The molecular weight excluding hydrogens is 336 g/mol. The van der Waals surface area contributed by atoms with E-state index in [1.165, 1.54) is 0 Å². The molecule has 7 nitrogen and oxygen atoms in total. The van der Waals surface area contributed by atoms with Gasteiger partial charge in [0.25, 0.3) is 5.89 Å². The van der Waals surface area contributed by atoms with Crippen molar-refractivity contribution in [2.24, 2.45) is 0 Å². The number of ether oxygens (including phenoxy) is 4. The maximum atomic E-state index is 5.38. The second-order valence-corrected chi connectivity index (χ2v) is 5.45. The van der Waals surface area contributed by atoms with Crippen LogP contribution in [0.3, 0.4) is 0 Å². The molecular formula is C19H20N2O5. The van der Waals surface area contributed by atoms with Crippen molar-refractivity contribution in [1.82, 2.24) is 10.1 Å². The maximum absolute atomic E-state index is 5.38. The van der Waals surface area contributed by atoms with Gasteiger partial charge in [-0.15, -0.1) is 0 Å². The van der Waals surface area contributed by atoms with Gasteiger partial charge in [-0.2, -0.15) is 4.98 Å². The van der Waals surface area contributed by atoms with Gasteiger partial charge in [0.2, 0.25) is 0 Å². The first-order chi connectivity index (χ1) is 12.7. The normalized spacial score (nSPS) is 10.5. The third kappa shape index (κ3) is 3.56. The molecule has 1 aromatic heterocycles. The number of rotatable bonds is 7. The minimum atomic E-state index is 0.418. The Morgan fingerprint density at radius 1 is 0.769 bits per heavy atom. The van der Waals surface area contributed by atoms with Crippen LogP contribution in [-0.2, 0) is 6.42 Å². The Bertz CT molecular complexity index is 891. The summed E-state index contributed by atoms with van der Waals surface area (Å²) >= 11 is 0. The van der Waals surface area contributed by atoms with Crippen LogP contribution < -0.4 is 18.9 Å². The van der Waals surface area contributed by atoms with Crippen LogP contribution in [0.2, 0.25) is 0 Å². The molecule has 0 radical (unpaired) electrons. The summed E-state index contributed by atoms with van der Waals surface area (Å²) in [6.45, 7) is 0. The zero-order chi connectivity index (χ0) is 18.5. The second-order valence-electron chi connectivity index (χ2n) is 5.45. The largest absolute Gasteiger partial charge is 0.493 e. The second kappa shape index (κ2) is 7.77. The quantitative estimate of drug-likeness (QED) is 0.642. The Hall–Kier alpha value is -3.22. The first-order valence-electron chi connectivity index (χ1n) is 7.94. The highest BCUT2D eigenvalue weighted by molar-refractivity contribution is 5.59. The van der Waals surface area contributed by atoms with E-state index >= 15 is 0 Å². The molecule has 0 bridgehead atoms. The molecule has 0 spiro atoms. The van der Waals surface area contributed by atoms with Crippen LogP contribution in [-0.4, -0.2) is 38.6 Å². The summed E-state index contributed by atoms with van der Waals surface area (Å²) in [5.74, 6) is 3.57. The average molecular weight is 356 g/mol. The van der Waals surface area contributed by atoms with E-state index in [4.69, 9.17) is 23.5 Å². The van der Waals surface area contributed by atoms with E-state index in [0.29, 0.717) is 41.1 Å². The molecule has 0 aliphatic rings. The summed E-state index contributed by atoms with van der Waals surface area (Å²) in [5, 5.41) is 4.05. The average Bonchev–Trinajstić information content (AvgIpc) is 3.15. The van der Waals surface area contributed by atoms with Gasteiger partial charge >= 0.3 is 0 Å². The number of benzene rings is 2. The standard InChI is InChI=1S/C19H20N2O5/c1-22-14-7-5-12(9-16(14)24-3)10-18-20-19(26-21-18)13-6-8-15(23-2)17(11-13)25-4/h5-9,11H,10H2,1-4H3. The zero-order valence-corrected chi connectivity index (χ0v) is 15.1. The molecule has 0 N–H and O–H groups in total. The molecule has 2 aromatic carbocycles. The summed E-state index contributed by atoms with van der Waals surface area (Å²) < 4.78 is 26.5. The number of methoxy groups -OCH3 is 4. The van der Waals surface area contributed by atoms with E-state index in [0.717, 1.165) is 11.1 Å². The van der Waals surface area contributed by atoms with Gasteiger partial charge in [-0.1, -0.05) is 11.2 Å². The van der Waals surface area contributed by atoms with Crippen molar-refractivity contribution < 1.29 is 23.5 Å². The monoisotopic (exact) mass is 356 g/mol. The van der Waals surface area contributed by atoms with Crippen LogP contribution in [0, 0.1) is 0 Å². The first-order valence-corrected chi connectivity index (χ1v) is 7.94. The Kier molecular flexibility index (Phi) is 5.26. The van der Waals surface area contributed by atoms with Crippen LogP contribution >= 0.6 is 0 Å². The third-order valence-electron chi connectivity index (χ3n) is 3.91. The summed E-state index contributed by atoms with van der Waals surface area (Å²) in [7, 11) is 6.38. The molecule has 3 rings (SSSR count). The molecule has 0 saturated heterocycles. The predicted molar refractivity (Wildman–Crippen MR) is 95.2 cm³/mol. The fourth-order valence-corrected chi connectivity index (χ4v) is 2.59. The summed E-state index contributed by atoms with van der Waals surface area (Å²) in [6.07, 6.45) is 0.511. The van der Waals surface area contributed by atoms with Gasteiger partial charge in [0, 0.05) is 12.0 Å². The highest BCUT2D eigenvalue weighted by Gasteiger charge is 2.13. The van der Waals surface area contributed by atoms with E-state index in [-0.39, 0.29) is 0 Å². The van der Waals surface area contributed by atoms with Crippen molar-refractivity contribution in [2.45, 2.75) is 6.42 Å². The minimum absolute atomic E-state index is 0.418. The Morgan fingerprint density at radius 3 is 2.04 bits per heavy atom. The van der Waals surface area contributed by atoms with Crippen LogP contribution in [0.25, 0.3) is 11.5 Å². The molecule has 0 amide bonds. The Labute approximate surface area is 151 Å². The lowest BCUT2D eigenvalue weighted by Crippen LogP contribution is -1.95. The molecule has 0 saturated carbocycles. The number of aromatic nitrogens is 2. The summed E-state index contributed by atoms with van der Waals surface area (Å²) in [4.78, 5) is 4.46. The van der Waals surface area contributed by atoms with Gasteiger partial charge in [-0.3, -0.25) is 0 Å². The number of hydrogen-bond acceptors (Lipinski definition) is 7. The highest BCUT2D eigenvalue weighted by Crippen LogP contribution is 2.32. The molecule has 1 heterocycles. The summed E-state index contributed by atoms with van der Waals surface area (Å²) in [6, 6.07) is 11.1. The lowest BCUT2D eigenvalue weighted by Gasteiger charge is -2.08. The lowest BCUT2D eigenvalue weighted by molar-refractivity contribution is 0.354. The van der Waals surface area contributed by atoms with Crippen molar-refractivity contribution >= 4 is 0 Å². The van der Waals surface area contributed by atoms with Crippen LogP contribution in [0.1, 0.15) is 11.4 Å². The van der Waals surface area contributed by atoms with E-state index in [1.54, 1.807) is 40.6 Å². The van der Waals surface area contributed by atoms with Crippen molar-refractivity contribution in [3.05, 3.63) is 47.8 Å². The minimum Gasteiger partial charge on any atom is -0.493 e. The molecule has 7 heteroatoms. The van der Waals surface area contributed by atoms with Gasteiger partial charge in [-0.05, 0) is 35.9 Å². The van der Waals surface area contributed by atoms with Crippen molar-refractivity contribution in [3.8, 4) is 34.5 Å². The Morgan fingerprint density at radius 2 is 1.38 bits per heavy atom. The van der Waals surface area contributed by atoms with E-state index in [2.05, 4.69) is 10.1 Å². The van der Waals surface area contributed by atoms with Crippen molar-refractivity contribution in [2.75, 3.05) is 28.4 Å². The van der Waals surface area contributed by atoms with Crippen LogP contribution in [0.4, 0.5) is 0 Å². The number of hydrogen-bond donors (Lipinski definition) is 0. The first kappa shape index (κ1) is 17.6. The zero-order valence-electron chi connectivity index (χ0n) is 15.1. The molecule has 26 heavy (non-hydrogen) atoms. The molecule has 0 aliphatic carbocycles. The van der Waals surface area contributed by atoms with Gasteiger partial charge in [0.05, 0.1) is 28.4 Å². The van der Waals surface area contributed by atoms with E-state index in [1.807, 2.05) is 24.3 Å². The van der Waals surface area contributed by atoms with Crippen molar-refractivity contribution in [3.63, 3.8) is 0 Å². The topological polar surface area (TPSA) is 75.8 Å². The molecule has 0 fully saturated rings. The molecule has 136 valence electrons. The van der Waals surface area contributed by atoms with Crippen LogP contribution in [0.15, 0.2) is 40.9 Å². The third-order valence-corrected chi connectivity index (χ3v) is 3.91. The fourth-order valence-electron chi connectivity index (χ4n) is 2.59. The fraction of sp³-hybridized carbons (Fsp3) is 0.263. The predicted octanol–water partition coefficient (Wildman–Crippen LogP) is 3.36. The van der Waals surface area contributed by atoms with Crippen molar-refractivity contribution in [1.29, 1.82) is 0 Å². The molecule has 0 unspecified atom stereocenters. The smallest absolute Gasteiger partial charge is 0.258 e. The maximum Gasteiger partial charge on any atom is 0.258 e. The summed E-state index contributed by atoms with van der Waals surface area (Å²) in [5.41, 5.74) is 1.75. The molecule has 3 aromatic rings. The number of nitrogens with zero attached hydrogens (tertiary/aromatic N) is 2. The SMILES string of the molecule is COc1ccc(Cc2noc(-c3ccc(OC)c(OC)c3)n2)cc1OC. The lowest BCUT2D eigenvalue weighted by atomic mass is 10.1. The molecule has 0 aliphatic heterocycles. The van der Waals surface area contributed by atoms with Gasteiger partial charge in [0.1, 0.15) is 0 Å².